The Bertz CT molecular complexity index is 513. The van der Waals surface area contributed by atoms with E-state index in [1.165, 1.54) is 5.56 Å². The third-order valence-electron chi connectivity index (χ3n) is 3.41. The van der Waals surface area contributed by atoms with Gasteiger partial charge in [0, 0.05) is 25.7 Å². The van der Waals surface area contributed by atoms with Crippen LogP contribution in [0.3, 0.4) is 0 Å². The molecule has 21 heavy (non-hydrogen) atoms. The van der Waals surface area contributed by atoms with E-state index in [0.29, 0.717) is 6.54 Å². The van der Waals surface area contributed by atoms with E-state index in [0.717, 1.165) is 18.7 Å². The summed E-state index contributed by atoms with van der Waals surface area (Å²) in [5.74, 6) is 0. The summed E-state index contributed by atoms with van der Waals surface area (Å²) in [5.41, 5.74) is 8.12. The molecule has 2 aromatic carbocycles. The number of hydrogen-bond acceptors (Lipinski definition) is 3. The maximum absolute atomic E-state index is 10.4. The number of benzene rings is 2. The summed E-state index contributed by atoms with van der Waals surface area (Å²) in [6.07, 6.45) is -0.492. The largest absolute Gasteiger partial charge is 0.387 e. The number of aliphatic hydroxyl groups is 1. The second-order valence-corrected chi connectivity index (χ2v) is 5.58. The number of hydrogen-bond donors (Lipinski definition) is 2. The van der Waals surface area contributed by atoms with Crippen LogP contribution in [0.25, 0.3) is 0 Å². The molecule has 0 fully saturated rings. The first-order valence-corrected chi connectivity index (χ1v) is 7.40. The van der Waals surface area contributed by atoms with E-state index in [9.17, 15) is 5.11 Å². The van der Waals surface area contributed by atoms with E-state index in [2.05, 4.69) is 17.0 Å². The van der Waals surface area contributed by atoms with E-state index < -0.39 is 6.10 Å². The van der Waals surface area contributed by atoms with Crippen LogP contribution in [0.15, 0.2) is 60.7 Å². The minimum atomic E-state index is -0.492. The maximum atomic E-state index is 10.4. The van der Waals surface area contributed by atoms with Crippen LogP contribution in [0.5, 0.6) is 0 Å². The van der Waals surface area contributed by atoms with Crippen molar-refractivity contribution in [3.8, 4) is 0 Å². The number of nitrogens with zero attached hydrogens (tertiary/aromatic N) is 1. The number of aliphatic hydroxyl groups excluding tert-OH is 1. The Hall–Kier alpha value is -1.68. The Morgan fingerprint density at radius 3 is 2.10 bits per heavy atom. The van der Waals surface area contributed by atoms with Crippen molar-refractivity contribution < 1.29 is 5.11 Å². The predicted octanol–water partition coefficient (Wildman–Crippen LogP) is 2.57. The summed E-state index contributed by atoms with van der Waals surface area (Å²) in [7, 11) is 0. The summed E-state index contributed by atoms with van der Waals surface area (Å²) in [6, 6.07) is 20.1. The molecule has 0 aliphatic heterocycles. The van der Waals surface area contributed by atoms with Crippen LogP contribution in [0.2, 0.25) is 0 Å². The molecular weight excluding hydrogens is 260 g/mol. The van der Waals surface area contributed by atoms with Crippen LogP contribution in [0, 0.1) is 0 Å². The second-order valence-electron chi connectivity index (χ2n) is 5.58. The molecule has 112 valence electrons. The van der Waals surface area contributed by atoms with Crippen molar-refractivity contribution in [1.82, 2.24) is 4.90 Å². The molecule has 2 unspecified atom stereocenters. The van der Waals surface area contributed by atoms with Crippen LogP contribution in [0.1, 0.15) is 24.2 Å². The highest BCUT2D eigenvalue weighted by Gasteiger charge is 2.15. The predicted molar refractivity (Wildman–Crippen MR) is 86.8 cm³/mol. The average Bonchev–Trinajstić information content (AvgIpc) is 2.48. The van der Waals surface area contributed by atoms with Crippen molar-refractivity contribution in [3.05, 3.63) is 71.8 Å². The van der Waals surface area contributed by atoms with Crippen LogP contribution in [0.4, 0.5) is 0 Å². The van der Waals surface area contributed by atoms with Gasteiger partial charge in [0.15, 0.2) is 0 Å². The summed E-state index contributed by atoms with van der Waals surface area (Å²) in [4.78, 5) is 2.21. The van der Waals surface area contributed by atoms with Gasteiger partial charge in [-0.15, -0.1) is 0 Å². The molecule has 0 bridgehead atoms. The molecule has 2 rings (SSSR count). The zero-order valence-corrected chi connectivity index (χ0v) is 12.5. The molecule has 2 atom stereocenters. The van der Waals surface area contributed by atoms with E-state index >= 15 is 0 Å². The Morgan fingerprint density at radius 2 is 1.52 bits per heavy atom. The first-order valence-electron chi connectivity index (χ1n) is 7.40. The smallest absolute Gasteiger partial charge is 0.0917 e. The Balaban J connectivity index is 2.02. The average molecular weight is 284 g/mol. The lowest BCUT2D eigenvalue weighted by molar-refractivity contribution is 0.106. The SMILES string of the molecule is CC(N)CN(Cc1ccccc1)CC(O)c1ccccc1. The zero-order chi connectivity index (χ0) is 15.1. The lowest BCUT2D eigenvalue weighted by Gasteiger charge is -2.27. The van der Waals surface area contributed by atoms with Crippen LogP contribution in [-0.2, 0) is 6.54 Å². The van der Waals surface area contributed by atoms with Gasteiger partial charge in [-0.05, 0) is 18.1 Å². The van der Waals surface area contributed by atoms with E-state index in [-0.39, 0.29) is 6.04 Å². The van der Waals surface area contributed by atoms with Gasteiger partial charge >= 0.3 is 0 Å². The molecule has 0 aliphatic rings. The zero-order valence-electron chi connectivity index (χ0n) is 12.5. The highest BCUT2D eigenvalue weighted by molar-refractivity contribution is 5.18. The summed E-state index contributed by atoms with van der Waals surface area (Å²) in [5, 5.41) is 10.4. The molecule has 0 spiro atoms. The fourth-order valence-corrected chi connectivity index (χ4v) is 2.48. The lowest BCUT2D eigenvalue weighted by Crippen LogP contribution is -2.37. The highest BCUT2D eigenvalue weighted by atomic mass is 16.3. The molecule has 0 aromatic heterocycles. The van der Waals surface area contributed by atoms with Gasteiger partial charge in [0.1, 0.15) is 0 Å². The fourth-order valence-electron chi connectivity index (χ4n) is 2.48. The molecule has 0 amide bonds. The monoisotopic (exact) mass is 284 g/mol. The Labute approximate surface area is 127 Å². The molecule has 0 heterocycles. The van der Waals surface area contributed by atoms with E-state index in [1.807, 2.05) is 55.5 Å². The highest BCUT2D eigenvalue weighted by Crippen LogP contribution is 2.15. The summed E-state index contributed by atoms with van der Waals surface area (Å²) >= 11 is 0. The quantitative estimate of drug-likeness (QED) is 0.821. The molecule has 0 saturated carbocycles. The van der Waals surface area contributed by atoms with Gasteiger partial charge in [-0.25, -0.2) is 0 Å². The normalized spacial score (nSPS) is 14.1. The summed E-state index contributed by atoms with van der Waals surface area (Å²) in [6.45, 7) is 4.14. The third-order valence-corrected chi connectivity index (χ3v) is 3.41. The Kier molecular flexibility index (Phi) is 5.93. The van der Waals surface area contributed by atoms with Gasteiger partial charge in [-0.3, -0.25) is 4.90 Å². The topological polar surface area (TPSA) is 49.5 Å². The van der Waals surface area contributed by atoms with Crippen LogP contribution >= 0.6 is 0 Å². The van der Waals surface area contributed by atoms with Crippen molar-refractivity contribution in [2.24, 2.45) is 5.73 Å². The lowest BCUT2D eigenvalue weighted by atomic mass is 10.1. The molecular formula is C18H24N2O. The van der Waals surface area contributed by atoms with Gasteiger partial charge in [0.25, 0.3) is 0 Å². The van der Waals surface area contributed by atoms with E-state index in [4.69, 9.17) is 5.73 Å². The van der Waals surface area contributed by atoms with Gasteiger partial charge in [-0.1, -0.05) is 60.7 Å². The third kappa shape index (κ3) is 5.31. The van der Waals surface area contributed by atoms with Crippen LogP contribution < -0.4 is 5.73 Å². The van der Waals surface area contributed by atoms with E-state index in [1.54, 1.807) is 0 Å². The minimum absolute atomic E-state index is 0.0803. The van der Waals surface area contributed by atoms with Gasteiger partial charge in [-0.2, -0.15) is 0 Å². The van der Waals surface area contributed by atoms with Crippen molar-refractivity contribution >= 4 is 0 Å². The first kappa shape index (κ1) is 15.7. The molecule has 0 radical (unpaired) electrons. The second kappa shape index (κ2) is 7.93. The molecule has 3 nitrogen and oxygen atoms in total. The van der Waals surface area contributed by atoms with Crippen molar-refractivity contribution in [3.63, 3.8) is 0 Å². The van der Waals surface area contributed by atoms with Crippen molar-refractivity contribution in [2.75, 3.05) is 13.1 Å². The molecule has 2 aromatic rings. The maximum Gasteiger partial charge on any atom is 0.0917 e. The van der Waals surface area contributed by atoms with Gasteiger partial charge in [0.2, 0.25) is 0 Å². The molecule has 3 heteroatoms. The fraction of sp³-hybridized carbons (Fsp3) is 0.333. The van der Waals surface area contributed by atoms with Crippen molar-refractivity contribution in [2.45, 2.75) is 25.6 Å². The van der Waals surface area contributed by atoms with Crippen LogP contribution in [-0.4, -0.2) is 29.1 Å². The molecule has 0 aliphatic carbocycles. The first-order chi connectivity index (χ1) is 10.1. The standard InChI is InChI=1S/C18H24N2O/c1-15(19)12-20(13-16-8-4-2-5-9-16)14-18(21)17-10-6-3-7-11-17/h2-11,15,18,21H,12-14,19H2,1H3. The minimum Gasteiger partial charge on any atom is -0.387 e. The number of nitrogens with two attached hydrogens (primary N) is 1. The van der Waals surface area contributed by atoms with Crippen molar-refractivity contribution in [1.29, 1.82) is 0 Å². The molecule has 0 saturated heterocycles. The Morgan fingerprint density at radius 1 is 0.952 bits per heavy atom. The van der Waals surface area contributed by atoms with Gasteiger partial charge in [0.05, 0.1) is 6.10 Å². The summed E-state index contributed by atoms with van der Waals surface area (Å²) < 4.78 is 0. The molecule has 3 N–H and O–H groups in total. The van der Waals surface area contributed by atoms with Gasteiger partial charge < -0.3 is 10.8 Å². The number of rotatable bonds is 7.